The fourth-order valence-electron chi connectivity index (χ4n) is 6.05. The monoisotopic (exact) mass is 530 g/mol. The minimum Gasteiger partial charge on any atom is -0.219 e. The zero-order chi connectivity index (χ0) is 23.3. The maximum absolute atomic E-state index is 13.6. The Kier molecular flexibility index (Phi) is 5.62. The van der Waals surface area contributed by atoms with Crippen LogP contribution in [0, 0.1) is 17.8 Å². The first-order valence-corrected chi connectivity index (χ1v) is 14.3. The van der Waals surface area contributed by atoms with Crippen molar-refractivity contribution in [1.82, 2.24) is 0 Å². The van der Waals surface area contributed by atoms with Crippen molar-refractivity contribution in [3.8, 4) is 0 Å². The highest BCUT2D eigenvalue weighted by Gasteiger charge is 2.35. The first-order chi connectivity index (χ1) is 16.5. The fraction of sp³-hybridized carbons (Fsp3) is 0.267. The fourth-order valence-corrected chi connectivity index (χ4v) is 7.90. The van der Waals surface area contributed by atoms with E-state index in [1.807, 2.05) is 18.2 Å². The van der Waals surface area contributed by atoms with Crippen LogP contribution in [0.25, 0.3) is 0 Å². The molecule has 5 aliphatic carbocycles. The largest absolute Gasteiger partial charge is 0.219 e. The van der Waals surface area contributed by atoms with Crippen LogP contribution in [0.15, 0.2) is 127 Å². The summed E-state index contributed by atoms with van der Waals surface area (Å²) in [4.78, 5) is 0.836. The third-order valence-corrected chi connectivity index (χ3v) is 10.3. The van der Waals surface area contributed by atoms with Crippen LogP contribution in [0.2, 0.25) is 0 Å². The lowest BCUT2D eigenvalue weighted by atomic mass is 9.78. The molecule has 0 N–H and O–H groups in total. The van der Waals surface area contributed by atoms with Gasteiger partial charge in [0.25, 0.3) is 0 Å². The number of hydrogen-bond acceptors (Lipinski definition) is 2. The van der Waals surface area contributed by atoms with Gasteiger partial charge in [-0.2, -0.15) is 0 Å². The summed E-state index contributed by atoms with van der Waals surface area (Å²) in [6, 6.07) is 6.95. The molecule has 0 aliphatic heterocycles. The van der Waals surface area contributed by atoms with Crippen molar-refractivity contribution in [1.29, 1.82) is 0 Å². The highest BCUT2D eigenvalue weighted by Crippen LogP contribution is 2.49. The van der Waals surface area contributed by atoms with Crippen LogP contribution < -0.4 is 0 Å². The molecule has 34 heavy (non-hydrogen) atoms. The van der Waals surface area contributed by atoms with E-state index in [0.29, 0.717) is 15.7 Å². The van der Waals surface area contributed by atoms with Gasteiger partial charge >= 0.3 is 0 Å². The Bertz CT molecular complexity index is 1390. The van der Waals surface area contributed by atoms with Gasteiger partial charge in [0.1, 0.15) is 0 Å². The summed E-state index contributed by atoms with van der Waals surface area (Å²) in [6.45, 7) is 0. The summed E-state index contributed by atoms with van der Waals surface area (Å²) in [7, 11) is -3.58. The number of allylic oxidation sites excluding steroid dienone is 16. The van der Waals surface area contributed by atoms with Crippen molar-refractivity contribution in [2.45, 2.75) is 37.0 Å². The van der Waals surface area contributed by atoms with Crippen molar-refractivity contribution in [2.24, 2.45) is 17.8 Å². The second-order valence-electron chi connectivity index (χ2n) is 9.73. The second kappa shape index (κ2) is 8.66. The molecule has 6 rings (SSSR count). The average molecular weight is 532 g/mol. The summed E-state index contributed by atoms with van der Waals surface area (Å²) in [6.07, 6.45) is 26.9. The lowest BCUT2D eigenvalue weighted by Crippen LogP contribution is -2.16. The van der Waals surface area contributed by atoms with Gasteiger partial charge in [0.2, 0.25) is 9.84 Å². The van der Waals surface area contributed by atoms with Crippen LogP contribution in [0.3, 0.4) is 0 Å². The zero-order valence-corrected chi connectivity index (χ0v) is 21.4. The molecule has 1 aromatic carbocycles. The number of fused-ring (bicyclic) bond motifs is 4. The predicted molar refractivity (Wildman–Crippen MR) is 142 cm³/mol. The highest BCUT2D eigenvalue weighted by atomic mass is 79.9. The average Bonchev–Trinajstić information content (AvgIpc) is 2.96. The molecule has 1 aromatic rings. The van der Waals surface area contributed by atoms with Gasteiger partial charge in [-0.3, -0.25) is 0 Å². The first-order valence-electron chi connectivity index (χ1n) is 12.1. The third-order valence-electron chi connectivity index (χ3n) is 7.78. The molecule has 0 aromatic heterocycles. The molecule has 2 bridgehead atoms. The smallest absolute Gasteiger partial charge is 0.203 e. The predicted octanol–water partition coefficient (Wildman–Crippen LogP) is 7.72. The van der Waals surface area contributed by atoms with E-state index in [1.165, 1.54) is 23.1 Å². The topological polar surface area (TPSA) is 34.1 Å². The number of benzene rings is 1. The Morgan fingerprint density at radius 1 is 0.912 bits per heavy atom. The normalized spacial score (nSPS) is 27.7. The van der Waals surface area contributed by atoms with Crippen LogP contribution in [-0.2, 0) is 9.84 Å². The van der Waals surface area contributed by atoms with E-state index in [4.69, 9.17) is 0 Å². The molecule has 4 heteroatoms. The van der Waals surface area contributed by atoms with E-state index in [0.717, 1.165) is 30.2 Å². The lowest BCUT2D eigenvalue weighted by Gasteiger charge is -2.26. The lowest BCUT2D eigenvalue weighted by molar-refractivity contribution is 0.573. The van der Waals surface area contributed by atoms with E-state index >= 15 is 0 Å². The summed E-state index contributed by atoms with van der Waals surface area (Å²) in [5, 5.41) is 0. The SMILES string of the molecule is O=S(=O)(C1=CC=C(C2=CC=C3CC4=C(C=CCC4)C3C2)C2C=CC=CC1C2)c1ccc(Br)cc1. The van der Waals surface area contributed by atoms with Gasteiger partial charge in [0.15, 0.2) is 0 Å². The number of hydrogen-bond donors (Lipinski definition) is 0. The maximum atomic E-state index is 13.6. The standard InChI is InChI=1S/C30H27BrO2S/c31-25-11-13-26(14-12-25)34(32,33)30-16-15-27(20-5-1-2-7-24(30)18-20)23-10-9-22-17-21-6-3-4-8-28(21)29(22)19-23/h1-2,4-5,7-16,20,24,29H,3,6,17-19H2. The molecule has 0 saturated carbocycles. The van der Waals surface area contributed by atoms with Crippen molar-refractivity contribution in [3.05, 3.63) is 122 Å². The Balaban J connectivity index is 1.38. The van der Waals surface area contributed by atoms with Gasteiger partial charge < -0.3 is 0 Å². The molecule has 0 amide bonds. The number of halogens is 1. The van der Waals surface area contributed by atoms with Crippen LogP contribution in [0.5, 0.6) is 0 Å². The number of rotatable bonds is 3. The van der Waals surface area contributed by atoms with Crippen molar-refractivity contribution >= 4 is 25.8 Å². The van der Waals surface area contributed by atoms with Crippen molar-refractivity contribution in [3.63, 3.8) is 0 Å². The van der Waals surface area contributed by atoms with Gasteiger partial charge in [-0.05, 0) is 79.2 Å². The molecular weight excluding hydrogens is 504 g/mol. The van der Waals surface area contributed by atoms with Gasteiger partial charge in [0.05, 0.1) is 9.80 Å². The molecule has 0 heterocycles. The minimum absolute atomic E-state index is 0.139. The van der Waals surface area contributed by atoms with Crippen LogP contribution in [0.4, 0.5) is 0 Å². The van der Waals surface area contributed by atoms with Crippen LogP contribution in [0.1, 0.15) is 32.1 Å². The zero-order valence-electron chi connectivity index (χ0n) is 19.0. The van der Waals surface area contributed by atoms with Crippen LogP contribution >= 0.6 is 15.9 Å². The molecule has 0 fully saturated rings. The van der Waals surface area contributed by atoms with Crippen LogP contribution in [-0.4, -0.2) is 8.42 Å². The Labute approximate surface area is 210 Å². The summed E-state index contributed by atoms with van der Waals surface area (Å²) in [5.74, 6) is 0.543. The second-order valence-corrected chi connectivity index (χ2v) is 12.6. The Hall–Kier alpha value is -2.43. The quantitative estimate of drug-likeness (QED) is 0.400. The molecule has 5 aliphatic rings. The highest BCUT2D eigenvalue weighted by molar-refractivity contribution is 9.10. The summed E-state index contributed by atoms with van der Waals surface area (Å²) in [5.41, 5.74) is 7.29. The molecule has 0 radical (unpaired) electrons. The van der Waals surface area contributed by atoms with E-state index in [2.05, 4.69) is 58.5 Å². The minimum atomic E-state index is -3.58. The van der Waals surface area contributed by atoms with E-state index in [9.17, 15) is 8.42 Å². The molecule has 0 saturated heterocycles. The Morgan fingerprint density at radius 3 is 2.53 bits per heavy atom. The third kappa shape index (κ3) is 3.81. The van der Waals surface area contributed by atoms with Crippen molar-refractivity contribution in [2.75, 3.05) is 0 Å². The maximum Gasteiger partial charge on any atom is 0.203 e. The molecule has 0 spiro atoms. The first kappa shape index (κ1) is 22.1. The summed E-state index contributed by atoms with van der Waals surface area (Å²) < 4.78 is 28.2. The Morgan fingerprint density at radius 2 is 1.71 bits per heavy atom. The van der Waals surface area contributed by atoms with E-state index < -0.39 is 9.84 Å². The van der Waals surface area contributed by atoms with Gasteiger partial charge in [-0.15, -0.1) is 0 Å². The molecule has 172 valence electrons. The number of sulfone groups is 1. The van der Waals surface area contributed by atoms with Gasteiger partial charge in [0, 0.05) is 22.2 Å². The molecule has 2 nitrogen and oxygen atoms in total. The van der Waals surface area contributed by atoms with E-state index in [-0.39, 0.29) is 11.8 Å². The summed E-state index contributed by atoms with van der Waals surface area (Å²) >= 11 is 3.41. The van der Waals surface area contributed by atoms with Gasteiger partial charge in [-0.1, -0.05) is 81.8 Å². The van der Waals surface area contributed by atoms with Gasteiger partial charge in [-0.25, -0.2) is 8.42 Å². The molecule has 3 atom stereocenters. The molecular formula is C30H27BrO2S. The van der Waals surface area contributed by atoms with Crippen molar-refractivity contribution < 1.29 is 8.42 Å². The molecule has 3 unspecified atom stereocenters. The van der Waals surface area contributed by atoms with E-state index in [1.54, 1.807) is 35.4 Å².